The van der Waals surface area contributed by atoms with E-state index in [1.54, 1.807) is 6.92 Å². The highest BCUT2D eigenvalue weighted by molar-refractivity contribution is 5.22. The highest BCUT2D eigenvalue weighted by Gasteiger charge is 2.18. The van der Waals surface area contributed by atoms with Crippen molar-refractivity contribution < 1.29 is 9.84 Å². The van der Waals surface area contributed by atoms with Gasteiger partial charge in [0.2, 0.25) is 5.88 Å². The van der Waals surface area contributed by atoms with Crippen molar-refractivity contribution in [2.45, 2.75) is 32.7 Å². The topological polar surface area (TPSA) is 84.3 Å². The molecule has 1 aromatic rings. The van der Waals surface area contributed by atoms with Gasteiger partial charge in [-0.1, -0.05) is 6.92 Å². The van der Waals surface area contributed by atoms with Crippen LogP contribution in [0.15, 0.2) is 9.59 Å². The highest BCUT2D eigenvalue weighted by atomic mass is 16.5. The summed E-state index contributed by atoms with van der Waals surface area (Å²) >= 11 is 0. The van der Waals surface area contributed by atoms with Crippen LogP contribution in [0.4, 0.5) is 0 Å². The molecule has 6 nitrogen and oxygen atoms in total. The van der Waals surface area contributed by atoms with E-state index >= 15 is 0 Å². The first kappa shape index (κ1) is 12.9. The fourth-order valence-corrected chi connectivity index (χ4v) is 2.25. The van der Waals surface area contributed by atoms with E-state index in [4.69, 9.17) is 4.74 Å². The van der Waals surface area contributed by atoms with Gasteiger partial charge in [-0.2, -0.15) is 0 Å². The zero-order valence-electron chi connectivity index (χ0n) is 10.4. The fraction of sp³-hybridized carbons (Fsp3) is 0.667. The van der Waals surface area contributed by atoms with Crippen LogP contribution in [-0.2, 0) is 17.7 Å². The van der Waals surface area contributed by atoms with E-state index in [2.05, 4.69) is 4.98 Å². The molecule has 2 rings (SSSR count). The minimum atomic E-state index is -0.548. The van der Waals surface area contributed by atoms with E-state index in [0.29, 0.717) is 25.5 Å². The Kier molecular flexibility index (Phi) is 3.86. The molecule has 1 aliphatic rings. The van der Waals surface area contributed by atoms with E-state index in [0.717, 1.165) is 19.4 Å². The van der Waals surface area contributed by atoms with Crippen molar-refractivity contribution >= 4 is 0 Å². The van der Waals surface area contributed by atoms with Gasteiger partial charge in [0.1, 0.15) is 0 Å². The Morgan fingerprint density at radius 2 is 2.28 bits per heavy atom. The molecule has 1 saturated heterocycles. The van der Waals surface area contributed by atoms with Crippen molar-refractivity contribution in [1.82, 2.24) is 9.55 Å². The summed E-state index contributed by atoms with van der Waals surface area (Å²) in [7, 11) is 0. The summed E-state index contributed by atoms with van der Waals surface area (Å²) in [6, 6.07) is 0. The number of aromatic amines is 1. The number of nitrogens with one attached hydrogen (secondary N) is 1. The van der Waals surface area contributed by atoms with Crippen molar-refractivity contribution in [1.29, 1.82) is 0 Å². The number of aromatic hydroxyl groups is 1. The molecule has 6 heteroatoms. The summed E-state index contributed by atoms with van der Waals surface area (Å²) in [6.45, 7) is 3.64. The summed E-state index contributed by atoms with van der Waals surface area (Å²) in [5.41, 5.74) is -0.786. The standard InChI is InChI=1S/C12H18N2O4/c1-2-9-10(15)13-12(17)14(11(9)16)5-3-8-4-6-18-7-8/h8,16H,2-7H2,1H3,(H,13,15,17). The quantitative estimate of drug-likeness (QED) is 0.805. The summed E-state index contributed by atoms with van der Waals surface area (Å²) in [6.07, 6.45) is 2.15. The van der Waals surface area contributed by atoms with Crippen molar-refractivity contribution in [2.24, 2.45) is 5.92 Å². The summed E-state index contributed by atoms with van der Waals surface area (Å²) in [4.78, 5) is 25.3. The summed E-state index contributed by atoms with van der Waals surface area (Å²) in [5, 5.41) is 9.94. The molecule has 0 aromatic carbocycles. The lowest BCUT2D eigenvalue weighted by atomic mass is 10.1. The normalized spacial score (nSPS) is 19.3. The van der Waals surface area contributed by atoms with Crippen LogP contribution in [0.25, 0.3) is 0 Å². The zero-order chi connectivity index (χ0) is 13.1. The maximum absolute atomic E-state index is 11.6. The maximum Gasteiger partial charge on any atom is 0.331 e. The highest BCUT2D eigenvalue weighted by Crippen LogP contribution is 2.18. The Morgan fingerprint density at radius 1 is 1.50 bits per heavy atom. The lowest BCUT2D eigenvalue weighted by molar-refractivity contribution is 0.182. The first-order valence-corrected chi connectivity index (χ1v) is 6.26. The van der Waals surface area contributed by atoms with Crippen LogP contribution in [0.2, 0.25) is 0 Å². The van der Waals surface area contributed by atoms with E-state index in [1.165, 1.54) is 4.57 Å². The predicted octanol–water partition coefficient (Wildman–Crippen LogP) is 0.231. The van der Waals surface area contributed by atoms with Gasteiger partial charge in [-0.25, -0.2) is 4.79 Å². The third-order valence-electron chi connectivity index (χ3n) is 3.40. The van der Waals surface area contributed by atoms with Crippen molar-refractivity contribution in [2.75, 3.05) is 13.2 Å². The van der Waals surface area contributed by atoms with Gasteiger partial charge in [-0.3, -0.25) is 14.3 Å². The third-order valence-corrected chi connectivity index (χ3v) is 3.40. The number of nitrogens with zero attached hydrogens (tertiary/aromatic N) is 1. The molecule has 0 radical (unpaired) electrons. The SMILES string of the molecule is CCc1c(O)n(CCC2CCOC2)c(=O)[nH]c1=O. The summed E-state index contributed by atoms with van der Waals surface area (Å²) in [5.74, 6) is 0.221. The van der Waals surface area contributed by atoms with E-state index in [-0.39, 0.29) is 11.4 Å². The van der Waals surface area contributed by atoms with Crippen LogP contribution < -0.4 is 11.2 Å². The molecular formula is C12H18N2O4. The molecule has 0 aliphatic carbocycles. The molecule has 1 fully saturated rings. The van der Waals surface area contributed by atoms with Crippen LogP contribution in [0.5, 0.6) is 5.88 Å². The van der Waals surface area contributed by atoms with Gasteiger partial charge in [0.05, 0.1) is 5.56 Å². The van der Waals surface area contributed by atoms with Crippen molar-refractivity contribution in [3.8, 4) is 5.88 Å². The second-order valence-corrected chi connectivity index (χ2v) is 4.58. The van der Waals surface area contributed by atoms with Gasteiger partial charge in [0.25, 0.3) is 5.56 Å². The lowest BCUT2D eigenvalue weighted by Crippen LogP contribution is -2.32. The van der Waals surface area contributed by atoms with Gasteiger partial charge in [0, 0.05) is 19.8 Å². The van der Waals surface area contributed by atoms with Crippen LogP contribution in [0.3, 0.4) is 0 Å². The molecule has 1 aliphatic heterocycles. The molecule has 1 unspecified atom stereocenters. The third kappa shape index (κ3) is 2.48. The van der Waals surface area contributed by atoms with Crippen LogP contribution in [0, 0.1) is 5.92 Å². The zero-order valence-corrected chi connectivity index (χ0v) is 10.4. The summed E-state index contributed by atoms with van der Waals surface area (Å²) < 4.78 is 6.50. The molecule has 0 saturated carbocycles. The molecule has 0 bridgehead atoms. The maximum atomic E-state index is 11.6. The van der Waals surface area contributed by atoms with Gasteiger partial charge in [-0.05, 0) is 25.2 Å². The molecule has 2 heterocycles. The minimum absolute atomic E-state index is 0.204. The Labute approximate surface area is 104 Å². The van der Waals surface area contributed by atoms with Crippen LogP contribution in [0.1, 0.15) is 25.3 Å². The fourth-order valence-electron chi connectivity index (χ4n) is 2.25. The average molecular weight is 254 g/mol. The van der Waals surface area contributed by atoms with Gasteiger partial charge in [0.15, 0.2) is 0 Å². The molecule has 18 heavy (non-hydrogen) atoms. The van der Waals surface area contributed by atoms with Crippen molar-refractivity contribution in [3.05, 3.63) is 26.4 Å². The van der Waals surface area contributed by atoms with Gasteiger partial charge >= 0.3 is 5.69 Å². The number of ether oxygens (including phenoxy) is 1. The monoisotopic (exact) mass is 254 g/mol. The Balaban J connectivity index is 2.21. The molecule has 0 amide bonds. The molecule has 1 aromatic heterocycles. The number of rotatable bonds is 4. The largest absolute Gasteiger partial charge is 0.494 e. The molecular weight excluding hydrogens is 236 g/mol. The van der Waals surface area contributed by atoms with Crippen LogP contribution in [-0.4, -0.2) is 27.9 Å². The van der Waals surface area contributed by atoms with E-state index in [9.17, 15) is 14.7 Å². The predicted molar refractivity (Wildman–Crippen MR) is 65.9 cm³/mol. The average Bonchev–Trinajstić information content (AvgIpc) is 2.81. The number of H-pyrrole nitrogens is 1. The van der Waals surface area contributed by atoms with Gasteiger partial charge in [-0.15, -0.1) is 0 Å². The Morgan fingerprint density at radius 3 is 2.89 bits per heavy atom. The molecule has 100 valence electrons. The Hall–Kier alpha value is -1.56. The molecule has 1 atom stereocenters. The first-order valence-electron chi connectivity index (χ1n) is 6.26. The molecule has 2 N–H and O–H groups in total. The van der Waals surface area contributed by atoms with Crippen LogP contribution >= 0.6 is 0 Å². The lowest BCUT2D eigenvalue weighted by Gasteiger charge is -2.12. The second kappa shape index (κ2) is 5.39. The minimum Gasteiger partial charge on any atom is -0.494 e. The van der Waals surface area contributed by atoms with E-state index < -0.39 is 11.2 Å². The van der Waals surface area contributed by atoms with E-state index in [1.807, 2.05) is 0 Å². The molecule has 0 spiro atoms. The second-order valence-electron chi connectivity index (χ2n) is 4.58. The van der Waals surface area contributed by atoms with Gasteiger partial charge < -0.3 is 9.84 Å². The van der Waals surface area contributed by atoms with Crippen molar-refractivity contribution in [3.63, 3.8) is 0 Å². The first-order chi connectivity index (χ1) is 8.63. The smallest absolute Gasteiger partial charge is 0.331 e. The Bertz CT molecular complexity index is 526. The number of hydrogen-bond acceptors (Lipinski definition) is 4. The number of hydrogen-bond donors (Lipinski definition) is 2. The number of aromatic nitrogens is 2.